The van der Waals surface area contributed by atoms with Crippen LogP contribution in [0.5, 0.6) is 0 Å². The van der Waals surface area contributed by atoms with Gasteiger partial charge in [0.05, 0.1) is 11.2 Å². The molecule has 0 bridgehead atoms. The lowest BCUT2D eigenvalue weighted by molar-refractivity contribution is -0.137. The fourth-order valence-corrected chi connectivity index (χ4v) is 2.16. The summed E-state index contributed by atoms with van der Waals surface area (Å²) in [5.74, 6) is -0.421. The van der Waals surface area contributed by atoms with E-state index in [0.717, 1.165) is 12.1 Å². The summed E-state index contributed by atoms with van der Waals surface area (Å²) in [5.41, 5.74) is -1.23. The van der Waals surface area contributed by atoms with Crippen molar-refractivity contribution >= 4 is 0 Å². The SMILES string of the molecule is CC(O)(Cc1cccc(F)c1)c1ccc(C(F)(F)F)cc1. The van der Waals surface area contributed by atoms with E-state index in [1.165, 1.54) is 37.3 Å². The van der Waals surface area contributed by atoms with E-state index in [2.05, 4.69) is 0 Å². The minimum Gasteiger partial charge on any atom is -0.385 e. The molecule has 0 aliphatic heterocycles. The summed E-state index contributed by atoms with van der Waals surface area (Å²) in [5, 5.41) is 10.4. The van der Waals surface area contributed by atoms with Gasteiger partial charge in [0.25, 0.3) is 0 Å². The molecule has 0 saturated carbocycles. The summed E-state index contributed by atoms with van der Waals surface area (Å²) in [6.07, 6.45) is -4.30. The number of hydrogen-bond acceptors (Lipinski definition) is 1. The summed E-state index contributed by atoms with van der Waals surface area (Å²) in [6.45, 7) is 1.49. The van der Waals surface area contributed by atoms with Gasteiger partial charge in [0.1, 0.15) is 5.82 Å². The molecule has 0 aromatic heterocycles. The standard InChI is InChI=1S/C16H14F4O/c1-15(21,10-11-3-2-4-14(17)9-11)12-5-7-13(8-6-12)16(18,19)20/h2-9,21H,10H2,1H3. The van der Waals surface area contributed by atoms with Gasteiger partial charge < -0.3 is 5.11 Å². The smallest absolute Gasteiger partial charge is 0.385 e. The van der Waals surface area contributed by atoms with Gasteiger partial charge in [-0.2, -0.15) is 13.2 Å². The molecule has 0 aliphatic rings. The highest BCUT2D eigenvalue weighted by Crippen LogP contribution is 2.32. The summed E-state index contributed by atoms with van der Waals surface area (Å²) in [6, 6.07) is 10.1. The zero-order valence-corrected chi connectivity index (χ0v) is 11.3. The number of halogens is 4. The number of hydrogen-bond donors (Lipinski definition) is 1. The molecule has 1 N–H and O–H groups in total. The highest BCUT2D eigenvalue weighted by molar-refractivity contribution is 5.30. The molecular formula is C16H14F4O. The minimum absolute atomic E-state index is 0.107. The Bertz CT molecular complexity index is 615. The fraction of sp³-hybridized carbons (Fsp3) is 0.250. The molecule has 0 fully saturated rings. The first-order chi connectivity index (χ1) is 9.68. The van der Waals surface area contributed by atoms with Crippen LogP contribution in [0.3, 0.4) is 0 Å². The van der Waals surface area contributed by atoms with Gasteiger partial charge in [-0.05, 0) is 42.3 Å². The van der Waals surface area contributed by atoms with E-state index < -0.39 is 23.2 Å². The third kappa shape index (κ3) is 3.82. The van der Waals surface area contributed by atoms with Gasteiger partial charge >= 0.3 is 6.18 Å². The molecular weight excluding hydrogens is 284 g/mol. The Labute approximate surface area is 119 Å². The van der Waals surface area contributed by atoms with Crippen LogP contribution in [0.25, 0.3) is 0 Å². The molecule has 21 heavy (non-hydrogen) atoms. The number of aliphatic hydroxyl groups is 1. The van der Waals surface area contributed by atoms with Gasteiger partial charge in [-0.3, -0.25) is 0 Å². The molecule has 2 aromatic rings. The Morgan fingerprint density at radius 1 is 0.952 bits per heavy atom. The van der Waals surface area contributed by atoms with Crippen molar-refractivity contribution in [2.75, 3.05) is 0 Å². The van der Waals surface area contributed by atoms with Crippen molar-refractivity contribution in [1.82, 2.24) is 0 Å². The highest BCUT2D eigenvalue weighted by atomic mass is 19.4. The Morgan fingerprint density at radius 2 is 1.52 bits per heavy atom. The van der Waals surface area contributed by atoms with Crippen LogP contribution in [-0.4, -0.2) is 5.11 Å². The van der Waals surface area contributed by atoms with Gasteiger partial charge in [-0.1, -0.05) is 24.3 Å². The van der Waals surface area contributed by atoms with Crippen molar-refractivity contribution < 1.29 is 22.7 Å². The van der Waals surface area contributed by atoms with Crippen LogP contribution >= 0.6 is 0 Å². The molecule has 1 unspecified atom stereocenters. The van der Waals surface area contributed by atoms with Crippen LogP contribution in [0, 0.1) is 5.82 Å². The maximum absolute atomic E-state index is 13.1. The monoisotopic (exact) mass is 298 g/mol. The van der Waals surface area contributed by atoms with Crippen LogP contribution in [0.15, 0.2) is 48.5 Å². The van der Waals surface area contributed by atoms with Gasteiger partial charge in [0.2, 0.25) is 0 Å². The first-order valence-corrected chi connectivity index (χ1v) is 6.33. The van der Waals surface area contributed by atoms with E-state index >= 15 is 0 Å². The molecule has 5 heteroatoms. The van der Waals surface area contributed by atoms with Gasteiger partial charge in [0.15, 0.2) is 0 Å². The zero-order chi connectivity index (χ0) is 15.7. The van der Waals surface area contributed by atoms with E-state index in [0.29, 0.717) is 11.1 Å². The van der Waals surface area contributed by atoms with Crippen LogP contribution in [0.4, 0.5) is 17.6 Å². The lowest BCUT2D eigenvalue weighted by atomic mass is 9.88. The van der Waals surface area contributed by atoms with Crippen LogP contribution in [-0.2, 0) is 18.2 Å². The van der Waals surface area contributed by atoms with Crippen molar-refractivity contribution in [1.29, 1.82) is 0 Å². The summed E-state index contributed by atoms with van der Waals surface area (Å²) in [7, 11) is 0. The first kappa shape index (κ1) is 15.5. The summed E-state index contributed by atoms with van der Waals surface area (Å²) in [4.78, 5) is 0. The van der Waals surface area contributed by atoms with E-state index in [1.807, 2.05) is 0 Å². The Hall–Kier alpha value is -1.88. The van der Waals surface area contributed by atoms with E-state index in [4.69, 9.17) is 0 Å². The van der Waals surface area contributed by atoms with Crippen molar-refractivity contribution in [3.63, 3.8) is 0 Å². The molecule has 0 spiro atoms. The lowest BCUT2D eigenvalue weighted by Gasteiger charge is -2.24. The van der Waals surface area contributed by atoms with E-state index in [9.17, 15) is 22.7 Å². The van der Waals surface area contributed by atoms with E-state index in [1.54, 1.807) is 6.07 Å². The molecule has 0 radical (unpaired) electrons. The van der Waals surface area contributed by atoms with Crippen LogP contribution in [0.2, 0.25) is 0 Å². The average molecular weight is 298 g/mol. The second-order valence-corrected chi connectivity index (χ2v) is 5.16. The number of benzene rings is 2. The zero-order valence-electron chi connectivity index (χ0n) is 11.3. The summed E-state index contributed by atoms with van der Waals surface area (Å²) < 4.78 is 50.6. The molecule has 0 saturated heterocycles. The summed E-state index contributed by atoms with van der Waals surface area (Å²) >= 11 is 0. The molecule has 2 rings (SSSR count). The van der Waals surface area contributed by atoms with Crippen molar-refractivity contribution in [3.8, 4) is 0 Å². The second-order valence-electron chi connectivity index (χ2n) is 5.16. The van der Waals surface area contributed by atoms with Crippen molar-refractivity contribution in [2.45, 2.75) is 25.1 Å². The van der Waals surface area contributed by atoms with E-state index in [-0.39, 0.29) is 6.42 Å². The van der Waals surface area contributed by atoms with Crippen molar-refractivity contribution in [3.05, 3.63) is 71.0 Å². The quantitative estimate of drug-likeness (QED) is 0.838. The molecule has 1 atom stereocenters. The van der Waals surface area contributed by atoms with Crippen molar-refractivity contribution in [2.24, 2.45) is 0 Å². The maximum atomic E-state index is 13.1. The van der Waals surface area contributed by atoms with Gasteiger partial charge in [-0.25, -0.2) is 4.39 Å². The third-order valence-electron chi connectivity index (χ3n) is 3.27. The molecule has 0 aliphatic carbocycles. The number of alkyl halides is 3. The Kier molecular flexibility index (Phi) is 4.05. The maximum Gasteiger partial charge on any atom is 0.416 e. The average Bonchev–Trinajstić information content (AvgIpc) is 2.37. The number of rotatable bonds is 3. The largest absolute Gasteiger partial charge is 0.416 e. The topological polar surface area (TPSA) is 20.2 Å². The van der Waals surface area contributed by atoms with Crippen LogP contribution in [0.1, 0.15) is 23.6 Å². The first-order valence-electron chi connectivity index (χ1n) is 6.33. The molecule has 112 valence electrons. The molecule has 0 amide bonds. The normalized spacial score (nSPS) is 14.8. The van der Waals surface area contributed by atoms with Gasteiger partial charge in [0, 0.05) is 6.42 Å². The predicted molar refractivity (Wildman–Crippen MR) is 71.1 cm³/mol. The Balaban J connectivity index is 2.23. The predicted octanol–water partition coefficient (Wildman–Crippen LogP) is 4.29. The molecule has 2 aromatic carbocycles. The Morgan fingerprint density at radius 3 is 2.05 bits per heavy atom. The minimum atomic E-state index is -4.41. The lowest BCUT2D eigenvalue weighted by Crippen LogP contribution is -2.24. The molecule has 0 heterocycles. The highest BCUT2D eigenvalue weighted by Gasteiger charge is 2.31. The molecule has 1 nitrogen and oxygen atoms in total. The second kappa shape index (κ2) is 5.48. The fourth-order valence-electron chi connectivity index (χ4n) is 2.16. The van der Waals surface area contributed by atoms with Gasteiger partial charge in [-0.15, -0.1) is 0 Å². The third-order valence-corrected chi connectivity index (χ3v) is 3.27. The van der Waals surface area contributed by atoms with Crippen LogP contribution < -0.4 is 0 Å².